The van der Waals surface area contributed by atoms with Crippen LogP contribution in [0.4, 0.5) is 0 Å². The minimum absolute atomic E-state index is 0.219. The second-order valence-corrected chi connectivity index (χ2v) is 25.0. The van der Waals surface area contributed by atoms with Gasteiger partial charge >= 0.3 is 0 Å². The monoisotopic (exact) mass is 1090 g/mol. The van der Waals surface area contributed by atoms with E-state index in [1.165, 1.54) is 163 Å². The van der Waals surface area contributed by atoms with Crippen molar-refractivity contribution >= 4 is 40.5 Å². The summed E-state index contributed by atoms with van der Waals surface area (Å²) < 4.78 is 155. The molecule has 73 heavy (non-hydrogen) atoms. The van der Waals surface area contributed by atoms with E-state index in [0.717, 1.165) is 76.3 Å². The predicted octanol–water partition coefficient (Wildman–Crippen LogP) is 15.8. The number of unbranched alkanes of at least 4 members (excludes halogenated alkanes) is 26. The van der Waals surface area contributed by atoms with Crippen LogP contribution in [0.15, 0.2) is 92.4 Å². The normalized spacial score (nSPS) is 12.4. The van der Waals surface area contributed by atoms with Crippen LogP contribution in [0.25, 0.3) is 22.3 Å². The minimum Gasteiger partial charge on any atom is -0.454 e. The zero-order chi connectivity index (χ0) is 53.3. The van der Waals surface area contributed by atoms with Gasteiger partial charge in [0.2, 0.25) is 0 Å². The molecule has 0 saturated heterocycles. The summed E-state index contributed by atoms with van der Waals surface area (Å²) >= 11 is 0. The van der Waals surface area contributed by atoms with Gasteiger partial charge in [-0.25, -0.2) is 0 Å². The van der Waals surface area contributed by atoms with E-state index in [0.29, 0.717) is 12.8 Å². The highest BCUT2D eigenvalue weighted by Crippen LogP contribution is 2.46. The largest absolute Gasteiger partial charge is 0.454 e. The van der Waals surface area contributed by atoms with Crippen LogP contribution in [0.2, 0.25) is 0 Å². The van der Waals surface area contributed by atoms with Crippen LogP contribution in [-0.2, 0) is 53.3 Å². The van der Waals surface area contributed by atoms with Gasteiger partial charge in [0.1, 0.15) is 31.1 Å². The molecular formula is C56H82O13S4. The summed E-state index contributed by atoms with van der Waals surface area (Å²) in [5, 5.41) is 0. The molecule has 0 radical (unpaired) electrons. The molecule has 4 aromatic carbocycles. The third-order valence-corrected chi connectivity index (χ3v) is 17.3. The van der Waals surface area contributed by atoms with Gasteiger partial charge in [-0.2, -0.15) is 33.7 Å². The average Bonchev–Trinajstić information content (AvgIpc) is 3.33. The average molecular weight is 1090 g/mol. The van der Waals surface area contributed by atoms with E-state index in [4.69, 9.17) is 4.74 Å². The van der Waals surface area contributed by atoms with Gasteiger partial charge in [0.05, 0.1) is 0 Å². The lowest BCUT2D eigenvalue weighted by Crippen LogP contribution is -2.11. The Morgan fingerprint density at radius 1 is 0.329 bits per heavy atom. The molecule has 4 N–H and O–H groups in total. The highest BCUT2D eigenvalue weighted by molar-refractivity contribution is 7.87. The highest BCUT2D eigenvalue weighted by Gasteiger charge is 2.33. The maximum atomic E-state index is 13.6. The summed E-state index contributed by atoms with van der Waals surface area (Å²) in [5.74, 6) is -1.32. The lowest BCUT2D eigenvalue weighted by Gasteiger charge is -2.22. The minimum atomic E-state index is -5.38. The number of ether oxygens (including phenoxy) is 1. The van der Waals surface area contributed by atoms with E-state index in [1.54, 1.807) is 0 Å². The highest BCUT2D eigenvalue weighted by atomic mass is 32.2. The third-order valence-electron chi connectivity index (χ3n) is 13.6. The molecule has 0 atom stereocenters. The molecule has 0 aliphatic carbocycles. The summed E-state index contributed by atoms with van der Waals surface area (Å²) in [7, 11) is -20.7. The van der Waals surface area contributed by atoms with E-state index in [9.17, 15) is 51.9 Å². The first-order chi connectivity index (χ1) is 34.8. The Morgan fingerprint density at radius 2 is 0.589 bits per heavy atom. The second-order valence-electron chi connectivity index (χ2n) is 19.5. The Hall–Kier alpha value is -3.68. The van der Waals surface area contributed by atoms with Gasteiger partial charge in [-0.3, -0.25) is 18.2 Å². The zero-order valence-corrected chi connectivity index (χ0v) is 46.5. The molecule has 0 bridgehead atoms. The molecule has 0 heterocycles. The van der Waals surface area contributed by atoms with Gasteiger partial charge < -0.3 is 4.74 Å². The number of hydrogen-bond acceptors (Lipinski definition) is 9. The quantitative estimate of drug-likeness (QED) is 0.0242. The van der Waals surface area contributed by atoms with Crippen LogP contribution in [0.1, 0.15) is 205 Å². The molecule has 0 aliphatic rings. The van der Waals surface area contributed by atoms with Crippen molar-refractivity contribution in [1.29, 1.82) is 0 Å². The number of rotatable bonds is 38. The first kappa shape index (κ1) is 61.9. The lowest BCUT2D eigenvalue weighted by molar-refractivity contribution is 0.434. The SMILES string of the molecule is CCCCCCCCCCCCCCCCc1ccc(Oc2ccc(CCCCCCCCCCCCCCCC)c(-c3ccccc3S(=O)(=O)O)c2S(=O)(=O)O)c(S(=O)(=O)O)c1-c1ccccc1S(=O)(=O)O. The Kier molecular flexibility index (Phi) is 26.6. The van der Waals surface area contributed by atoms with Crippen molar-refractivity contribution in [1.82, 2.24) is 0 Å². The van der Waals surface area contributed by atoms with Gasteiger partial charge in [-0.15, -0.1) is 0 Å². The molecule has 0 aliphatic heterocycles. The van der Waals surface area contributed by atoms with Gasteiger partial charge in [0.15, 0.2) is 0 Å². The van der Waals surface area contributed by atoms with E-state index >= 15 is 0 Å². The molecule has 17 heteroatoms. The second kappa shape index (κ2) is 31.4. The maximum Gasteiger partial charge on any atom is 0.298 e. The summed E-state index contributed by atoms with van der Waals surface area (Å²) in [6, 6.07) is 15.5. The molecule has 0 spiro atoms. The Labute approximate surface area is 438 Å². The molecule has 4 rings (SSSR count). The molecule has 0 amide bonds. The van der Waals surface area contributed by atoms with Gasteiger partial charge in [-0.05, 0) is 61.1 Å². The first-order valence-electron chi connectivity index (χ1n) is 26.9. The molecule has 408 valence electrons. The fourth-order valence-electron chi connectivity index (χ4n) is 9.82. The maximum absolute atomic E-state index is 13.6. The lowest BCUT2D eigenvalue weighted by atomic mass is 9.94. The fourth-order valence-corrected chi connectivity index (χ4v) is 12.9. The first-order valence-corrected chi connectivity index (χ1v) is 32.6. The molecular weight excluding hydrogens is 1010 g/mol. The van der Waals surface area contributed by atoms with Crippen molar-refractivity contribution < 1.29 is 56.6 Å². The van der Waals surface area contributed by atoms with Crippen LogP contribution in [0.3, 0.4) is 0 Å². The van der Waals surface area contributed by atoms with E-state index in [1.807, 2.05) is 0 Å². The Morgan fingerprint density at radius 3 is 0.849 bits per heavy atom. The van der Waals surface area contributed by atoms with Gasteiger partial charge in [-0.1, -0.05) is 229 Å². The third kappa shape index (κ3) is 20.8. The number of aryl methyl sites for hydroxylation is 2. The molecule has 4 aromatic rings. The van der Waals surface area contributed by atoms with Crippen LogP contribution in [0, 0.1) is 0 Å². The Bertz CT molecular complexity index is 2580. The van der Waals surface area contributed by atoms with Gasteiger partial charge in [0, 0.05) is 22.3 Å². The van der Waals surface area contributed by atoms with Crippen molar-refractivity contribution in [3.8, 4) is 33.8 Å². The fraction of sp³-hybridized carbons (Fsp3) is 0.571. The number of benzene rings is 4. The van der Waals surface area contributed by atoms with Crippen molar-refractivity contribution in [3.63, 3.8) is 0 Å². The smallest absolute Gasteiger partial charge is 0.298 e. The summed E-state index contributed by atoms with van der Waals surface area (Å²) in [6.45, 7) is 4.43. The van der Waals surface area contributed by atoms with E-state index in [2.05, 4.69) is 13.8 Å². The van der Waals surface area contributed by atoms with Crippen molar-refractivity contribution in [2.24, 2.45) is 0 Å². The standard InChI is InChI=1S/C56H82O13S4/c1-3-5-7-9-11-13-15-17-19-21-23-25-27-29-35-45-41-43-49(55(72(63,64)65)53(45)47-37-31-33-39-51(47)70(57,58)59)69-50-44-42-46(36-30-28-26-24-22-20-18-16-14-12-10-8-6-4-2)54(56(50)73(66,67)68)48-38-32-34-40-52(48)71(60,61)62/h31-34,37-44H,3-30,35-36H2,1-2H3,(H,57,58,59)(H,60,61,62)(H,63,64,65)(H,66,67,68). The zero-order valence-electron chi connectivity index (χ0n) is 43.2. The van der Waals surface area contributed by atoms with Crippen LogP contribution < -0.4 is 4.74 Å². The topological polar surface area (TPSA) is 227 Å². The van der Waals surface area contributed by atoms with Crippen LogP contribution in [-0.4, -0.2) is 51.9 Å². The molecule has 0 unspecified atom stereocenters. The van der Waals surface area contributed by atoms with Crippen LogP contribution in [0.5, 0.6) is 11.5 Å². The van der Waals surface area contributed by atoms with E-state index < -0.39 is 71.6 Å². The Balaban J connectivity index is 1.67. The summed E-state index contributed by atoms with van der Waals surface area (Å²) in [4.78, 5) is -3.18. The van der Waals surface area contributed by atoms with E-state index in [-0.39, 0.29) is 46.2 Å². The summed E-state index contributed by atoms with van der Waals surface area (Å²) in [5.41, 5.74) is -0.576. The van der Waals surface area contributed by atoms with Crippen LogP contribution >= 0.6 is 0 Å². The van der Waals surface area contributed by atoms with Crippen molar-refractivity contribution in [2.45, 2.75) is 226 Å². The summed E-state index contributed by atoms with van der Waals surface area (Å²) in [6.07, 6.45) is 31.4. The van der Waals surface area contributed by atoms with Gasteiger partial charge in [0.25, 0.3) is 40.5 Å². The van der Waals surface area contributed by atoms with Crippen molar-refractivity contribution in [2.75, 3.05) is 0 Å². The number of hydrogen-bond donors (Lipinski definition) is 4. The molecule has 0 saturated carbocycles. The van der Waals surface area contributed by atoms with Crippen molar-refractivity contribution in [3.05, 3.63) is 83.9 Å². The molecule has 0 aromatic heterocycles. The molecule has 0 fully saturated rings. The predicted molar refractivity (Wildman–Crippen MR) is 291 cm³/mol. The molecule has 13 nitrogen and oxygen atoms in total.